The van der Waals surface area contributed by atoms with Crippen LogP contribution in [-0.2, 0) is 16.1 Å². The minimum absolute atomic E-state index is 0.152. The molecule has 1 aromatic carbocycles. The number of hydrogen-bond donors (Lipinski definition) is 1. The number of para-hydroxylation sites is 1. The third-order valence-electron chi connectivity index (χ3n) is 4.35. The van der Waals surface area contributed by atoms with Crippen LogP contribution in [0, 0.1) is 6.92 Å². The molecule has 4 rings (SSSR count). The maximum absolute atomic E-state index is 11.2. The average Bonchev–Trinajstić information content (AvgIpc) is 3.40. The molecule has 0 aliphatic heterocycles. The van der Waals surface area contributed by atoms with Gasteiger partial charge >= 0.3 is 0 Å². The Balaban J connectivity index is 1.77. The van der Waals surface area contributed by atoms with E-state index >= 15 is 0 Å². The molecule has 0 fully saturated rings. The highest BCUT2D eigenvalue weighted by atomic mass is 32.2. The number of fused-ring (bicyclic) bond motifs is 1. The van der Waals surface area contributed by atoms with Gasteiger partial charge in [0.15, 0.2) is 11.0 Å². The number of hydrogen-bond acceptors (Lipinski definition) is 7. The van der Waals surface area contributed by atoms with Crippen molar-refractivity contribution in [1.29, 1.82) is 0 Å². The molecule has 150 valence electrons. The summed E-state index contributed by atoms with van der Waals surface area (Å²) in [4.78, 5) is 13.2. The van der Waals surface area contributed by atoms with Gasteiger partial charge in [-0.2, -0.15) is 5.10 Å². The van der Waals surface area contributed by atoms with Crippen molar-refractivity contribution in [3.63, 3.8) is 0 Å². The minimum Gasteiger partial charge on any atom is -0.383 e. The molecule has 2 N–H and O–H groups in total. The fraction of sp³-hybridized carbons (Fsp3) is 0.263. The predicted octanol–water partition coefficient (Wildman–Crippen LogP) is 2.88. The zero-order valence-corrected chi connectivity index (χ0v) is 17.7. The van der Waals surface area contributed by atoms with Crippen LogP contribution in [0.15, 0.2) is 41.6 Å². The average molecular weight is 429 g/mol. The fourth-order valence-corrected chi connectivity index (χ4v) is 4.88. The van der Waals surface area contributed by atoms with Gasteiger partial charge in [0.1, 0.15) is 4.83 Å². The molecule has 0 saturated heterocycles. The van der Waals surface area contributed by atoms with Crippen molar-refractivity contribution in [2.75, 3.05) is 19.5 Å². The minimum atomic E-state index is -0.390. The van der Waals surface area contributed by atoms with Crippen LogP contribution in [0.25, 0.3) is 26.6 Å². The van der Waals surface area contributed by atoms with Gasteiger partial charge in [-0.1, -0.05) is 30.0 Å². The first kappa shape index (κ1) is 19.6. The second kappa shape index (κ2) is 8.36. The number of nitrogens with zero attached hydrogens (tertiary/aromatic N) is 5. The number of carbonyl (C=O) groups excluding carboxylic acids is 1. The Hall–Kier alpha value is -2.69. The number of carbonyl (C=O) groups is 1. The maximum atomic E-state index is 11.2. The van der Waals surface area contributed by atoms with Crippen molar-refractivity contribution in [2.45, 2.75) is 18.6 Å². The van der Waals surface area contributed by atoms with Gasteiger partial charge < -0.3 is 10.5 Å². The van der Waals surface area contributed by atoms with E-state index in [2.05, 4.69) is 21.4 Å². The molecule has 0 atom stereocenters. The molecule has 3 heterocycles. The number of nitrogens with two attached hydrogens (primary N) is 1. The van der Waals surface area contributed by atoms with Gasteiger partial charge in [-0.05, 0) is 25.1 Å². The summed E-state index contributed by atoms with van der Waals surface area (Å²) in [6.45, 7) is 3.09. The van der Waals surface area contributed by atoms with Gasteiger partial charge in [-0.25, -0.2) is 4.68 Å². The number of benzene rings is 1. The number of methoxy groups -OCH3 is 1. The van der Waals surface area contributed by atoms with Gasteiger partial charge in [-0.3, -0.25) is 9.36 Å². The van der Waals surface area contributed by atoms with Gasteiger partial charge in [0, 0.05) is 12.5 Å². The number of rotatable bonds is 8. The van der Waals surface area contributed by atoms with Crippen molar-refractivity contribution < 1.29 is 9.53 Å². The van der Waals surface area contributed by atoms with Crippen LogP contribution in [-0.4, -0.2) is 49.9 Å². The van der Waals surface area contributed by atoms with Gasteiger partial charge in [0.05, 0.1) is 35.2 Å². The predicted molar refractivity (Wildman–Crippen MR) is 114 cm³/mol. The third-order valence-corrected chi connectivity index (χ3v) is 6.44. The Kier molecular flexibility index (Phi) is 5.65. The van der Waals surface area contributed by atoms with Crippen LogP contribution >= 0.6 is 23.1 Å². The van der Waals surface area contributed by atoms with Gasteiger partial charge in [0.2, 0.25) is 5.91 Å². The maximum Gasteiger partial charge on any atom is 0.227 e. The highest BCUT2D eigenvalue weighted by Gasteiger charge is 2.20. The molecule has 1 amide bonds. The number of aryl methyl sites for hydroxylation is 1. The van der Waals surface area contributed by atoms with E-state index in [1.165, 1.54) is 11.8 Å². The Labute approximate surface area is 175 Å². The fourth-order valence-electron chi connectivity index (χ4n) is 3.00. The summed E-state index contributed by atoms with van der Waals surface area (Å²) in [5.41, 5.74) is 7.25. The van der Waals surface area contributed by atoms with Crippen LogP contribution in [0.4, 0.5) is 0 Å². The SMILES string of the molecule is COCCn1c(SCC(N)=O)nnc1-c1cc2c(C)nn(-c3ccccc3)c2s1. The summed E-state index contributed by atoms with van der Waals surface area (Å²) in [5, 5.41) is 15.1. The molecule has 0 bridgehead atoms. The van der Waals surface area contributed by atoms with E-state index in [1.54, 1.807) is 18.4 Å². The Morgan fingerprint density at radius 1 is 1.28 bits per heavy atom. The van der Waals surface area contributed by atoms with E-state index in [9.17, 15) is 4.79 Å². The summed E-state index contributed by atoms with van der Waals surface area (Å²) in [5.74, 6) is 0.507. The Morgan fingerprint density at radius 2 is 2.07 bits per heavy atom. The first-order valence-corrected chi connectivity index (χ1v) is 10.8. The summed E-state index contributed by atoms with van der Waals surface area (Å²) >= 11 is 2.89. The summed E-state index contributed by atoms with van der Waals surface area (Å²) < 4.78 is 9.16. The number of thioether (sulfide) groups is 1. The molecule has 10 heteroatoms. The van der Waals surface area contributed by atoms with Crippen molar-refractivity contribution in [2.24, 2.45) is 5.73 Å². The molecule has 0 spiro atoms. The molecule has 4 aromatic rings. The lowest BCUT2D eigenvalue weighted by Gasteiger charge is -2.08. The molecule has 3 aromatic heterocycles. The lowest BCUT2D eigenvalue weighted by atomic mass is 10.3. The lowest BCUT2D eigenvalue weighted by molar-refractivity contribution is -0.115. The Bertz CT molecular complexity index is 1150. The third kappa shape index (κ3) is 3.91. The van der Waals surface area contributed by atoms with Gasteiger partial charge in [-0.15, -0.1) is 21.5 Å². The van der Waals surface area contributed by atoms with Crippen LogP contribution in [0.1, 0.15) is 5.69 Å². The van der Waals surface area contributed by atoms with Crippen molar-refractivity contribution in [3.8, 4) is 16.4 Å². The van der Waals surface area contributed by atoms with E-state index in [4.69, 9.17) is 10.5 Å². The normalized spacial score (nSPS) is 11.4. The molecule has 0 unspecified atom stereocenters. The topological polar surface area (TPSA) is 101 Å². The number of ether oxygens (including phenoxy) is 1. The van der Waals surface area contributed by atoms with Crippen LogP contribution in [0.2, 0.25) is 0 Å². The summed E-state index contributed by atoms with van der Waals surface area (Å²) in [7, 11) is 1.65. The molecular formula is C19H20N6O2S2. The first-order chi connectivity index (χ1) is 14.1. The molecule has 0 aliphatic rings. The second-order valence-corrected chi connectivity index (χ2v) is 8.34. The smallest absolute Gasteiger partial charge is 0.227 e. The van der Waals surface area contributed by atoms with Crippen molar-refractivity contribution >= 4 is 39.2 Å². The first-order valence-electron chi connectivity index (χ1n) is 8.96. The number of primary amides is 1. The van der Waals surface area contributed by atoms with Crippen LogP contribution < -0.4 is 5.73 Å². The summed E-state index contributed by atoms with van der Waals surface area (Å²) in [6, 6.07) is 12.1. The molecule has 0 saturated carbocycles. The highest BCUT2D eigenvalue weighted by molar-refractivity contribution is 7.99. The second-order valence-electron chi connectivity index (χ2n) is 6.37. The highest BCUT2D eigenvalue weighted by Crippen LogP contribution is 2.36. The van der Waals surface area contributed by atoms with Gasteiger partial charge in [0.25, 0.3) is 0 Å². The lowest BCUT2D eigenvalue weighted by Crippen LogP contribution is -2.14. The van der Waals surface area contributed by atoms with E-state index in [-0.39, 0.29) is 5.75 Å². The molecule has 8 nitrogen and oxygen atoms in total. The monoisotopic (exact) mass is 428 g/mol. The molecular weight excluding hydrogens is 408 g/mol. The quantitative estimate of drug-likeness (QED) is 0.433. The van der Waals surface area contributed by atoms with Crippen molar-refractivity contribution in [3.05, 3.63) is 42.1 Å². The van der Waals surface area contributed by atoms with E-state index in [1.807, 2.05) is 46.5 Å². The zero-order chi connectivity index (χ0) is 20.4. The van der Waals surface area contributed by atoms with E-state index < -0.39 is 5.91 Å². The van der Waals surface area contributed by atoms with Crippen LogP contribution in [0.5, 0.6) is 0 Å². The molecule has 0 radical (unpaired) electrons. The molecule has 29 heavy (non-hydrogen) atoms. The number of aromatic nitrogens is 5. The van der Waals surface area contributed by atoms with E-state index in [0.29, 0.717) is 18.3 Å². The largest absolute Gasteiger partial charge is 0.383 e. The standard InChI is InChI=1S/C19H20N6O2S2/c1-12-14-10-15(29-18(14)25(23-12)13-6-4-3-5-7-13)17-21-22-19(28-11-16(20)26)24(17)8-9-27-2/h3-7,10H,8-9,11H2,1-2H3,(H2,20,26). The van der Waals surface area contributed by atoms with Crippen molar-refractivity contribution in [1.82, 2.24) is 24.5 Å². The summed E-state index contributed by atoms with van der Waals surface area (Å²) in [6.07, 6.45) is 0. The number of amides is 1. The number of thiophene rings is 1. The Morgan fingerprint density at radius 3 is 2.79 bits per heavy atom. The molecule has 0 aliphatic carbocycles. The van der Waals surface area contributed by atoms with E-state index in [0.717, 1.165) is 32.3 Å². The van der Waals surface area contributed by atoms with Crippen LogP contribution in [0.3, 0.4) is 0 Å². The zero-order valence-electron chi connectivity index (χ0n) is 16.0.